The van der Waals surface area contributed by atoms with Gasteiger partial charge >= 0.3 is 0 Å². The molecule has 2 aromatic carbocycles. The van der Waals surface area contributed by atoms with Crippen LogP contribution >= 0.6 is 11.3 Å². The lowest BCUT2D eigenvalue weighted by Gasteiger charge is -2.36. The predicted octanol–water partition coefficient (Wildman–Crippen LogP) is 2.31. The molecule has 0 aliphatic rings. The van der Waals surface area contributed by atoms with Crippen molar-refractivity contribution in [3.8, 4) is 0 Å². The molecule has 0 amide bonds. The highest BCUT2D eigenvalue weighted by atomic mass is 127. The summed E-state index contributed by atoms with van der Waals surface area (Å²) in [5.41, 5.74) is 1.11. The van der Waals surface area contributed by atoms with Crippen LogP contribution in [0.5, 0.6) is 0 Å². The quantitative estimate of drug-likeness (QED) is 0.124. The lowest BCUT2D eigenvalue weighted by Crippen LogP contribution is -3.00. The van der Waals surface area contributed by atoms with Crippen LogP contribution in [0.3, 0.4) is 0 Å². The third kappa shape index (κ3) is 5.66. The molecular weight excluding hydrogens is 505 g/mol. The number of nitrogens with zero attached hydrogens (tertiary/aromatic N) is 1. The minimum absolute atomic E-state index is 0. The zero-order chi connectivity index (χ0) is 20.7. The van der Waals surface area contributed by atoms with Crippen LogP contribution in [-0.2, 0) is 11.3 Å². The summed E-state index contributed by atoms with van der Waals surface area (Å²) in [5, 5.41) is 1.55. The number of quaternary nitrogens is 1. The van der Waals surface area contributed by atoms with Gasteiger partial charge in [0.05, 0.1) is 32.8 Å². The van der Waals surface area contributed by atoms with E-state index in [9.17, 15) is 4.79 Å². The summed E-state index contributed by atoms with van der Waals surface area (Å²) in [6.07, 6.45) is 5.83. The van der Waals surface area contributed by atoms with Crippen molar-refractivity contribution in [1.82, 2.24) is 0 Å². The lowest BCUT2D eigenvalue weighted by molar-refractivity contribution is -0.912. The molecule has 0 aliphatic carbocycles. The topological polar surface area (TPSA) is 26.3 Å². The Kier molecular flexibility index (Phi) is 9.42. The monoisotopic (exact) mass is 533 g/mol. The second kappa shape index (κ2) is 11.6. The summed E-state index contributed by atoms with van der Waals surface area (Å²) >= 11 is 1.65. The van der Waals surface area contributed by atoms with Crippen LogP contribution in [0, 0.1) is 0 Å². The van der Waals surface area contributed by atoms with E-state index in [0.29, 0.717) is 13.2 Å². The second-order valence-electron chi connectivity index (χ2n) is 7.29. The van der Waals surface area contributed by atoms with Crippen molar-refractivity contribution in [3.63, 3.8) is 0 Å². The van der Waals surface area contributed by atoms with Crippen LogP contribution in [-0.4, -0.2) is 37.3 Å². The van der Waals surface area contributed by atoms with Gasteiger partial charge in [-0.05, 0) is 48.1 Å². The van der Waals surface area contributed by atoms with E-state index < -0.39 is 0 Å². The molecule has 0 aliphatic heterocycles. The van der Waals surface area contributed by atoms with Gasteiger partial charge in [-0.3, -0.25) is 4.79 Å². The molecule has 1 heterocycles. The van der Waals surface area contributed by atoms with Gasteiger partial charge in [-0.15, -0.1) is 11.3 Å². The predicted molar refractivity (Wildman–Crippen MR) is 126 cm³/mol. The standard InChI is InChI=1S/C25H28NO2S.HI/c1-4-13-26(14-5-2,15-6-3)16-17-28-19-20-11-12-24-22(18-20)25(27)21-9-7-8-10-23(21)29-24;/h4-12,18H,1-3,13-17,19H2;1H/q+1;/p-1. The molecule has 3 aromatic rings. The molecule has 0 fully saturated rings. The largest absolute Gasteiger partial charge is 1.00 e. The molecule has 1 aromatic heterocycles. The number of hydrogen-bond donors (Lipinski definition) is 0. The van der Waals surface area contributed by atoms with Crippen molar-refractivity contribution >= 4 is 31.5 Å². The molecular formula is C25H28INO2S. The van der Waals surface area contributed by atoms with Crippen LogP contribution in [0.2, 0.25) is 0 Å². The van der Waals surface area contributed by atoms with E-state index in [1.165, 1.54) is 0 Å². The molecule has 30 heavy (non-hydrogen) atoms. The Morgan fingerprint density at radius 3 is 2.20 bits per heavy atom. The fourth-order valence-corrected chi connectivity index (χ4v) is 4.76. The van der Waals surface area contributed by atoms with Gasteiger partial charge in [-0.25, -0.2) is 0 Å². The smallest absolute Gasteiger partial charge is 0.195 e. The summed E-state index contributed by atoms with van der Waals surface area (Å²) < 4.78 is 8.82. The normalized spacial score (nSPS) is 11.2. The van der Waals surface area contributed by atoms with Crippen molar-refractivity contribution in [2.75, 3.05) is 32.8 Å². The lowest BCUT2D eigenvalue weighted by atomic mass is 10.1. The molecule has 0 saturated heterocycles. The Bertz CT molecular complexity index is 1060. The summed E-state index contributed by atoms with van der Waals surface area (Å²) in [6.45, 7) is 16.2. The zero-order valence-corrected chi connectivity index (χ0v) is 20.2. The van der Waals surface area contributed by atoms with Crippen molar-refractivity contribution in [2.24, 2.45) is 0 Å². The Morgan fingerprint density at radius 2 is 1.53 bits per heavy atom. The maximum absolute atomic E-state index is 12.9. The highest BCUT2D eigenvalue weighted by Gasteiger charge is 2.22. The van der Waals surface area contributed by atoms with Gasteiger partial charge in [0.1, 0.15) is 6.54 Å². The highest BCUT2D eigenvalue weighted by Crippen LogP contribution is 2.25. The first-order chi connectivity index (χ1) is 14.1. The first kappa shape index (κ1) is 24.5. The third-order valence-corrected chi connectivity index (χ3v) is 6.32. The summed E-state index contributed by atoms with van der Waals surface area (Å²) in [7, 11) is 0. The molecule has 3 rings (SSSR count). The van der Waals surface area contributed by atoms with Gasteiger partial charge in [0.2, 0.25) is 0 Å². The van der Waals surface area contributed by atoms with Crippen LogP contribution in [0.4, 0.5) is 0 Å². The number of ether oxygens (including phenoxy) is 1. The van der Waals surface area contributed by atoms with E-state index in [1.54, 1.807) is 11.3 Å². The third-order valence-electron chi connectivity index (χ3n) is 5.17. The highest BCUT2D eigenvalue weighted by molar-refractivity contribution is 7.24. The first-order valence-electron chi connectivity index (χ1n) is 9.82. The maximum atomic E-state index is 12.9. The van der Waals surface area contributed by atoms with E-state index in [1.807, 2.05) is 60.7 Å². The van der Waals surface area contributed by atoms with Crippen LogP contribution in [0.25, 0.3) is 20.2 Å². The molecule has 3 nitrogen and oxygen atoms in total. The van der Waals surface area contributed by atoms with Gasteiger partial charge in [-0.2, -0.15) is 0 Å². The number of fused-ring (bicyclic) bond motifs is 2. The summed E-state index contributed by atoms with van der Waals surface area (Å²) in [5.74, 6) is 0. The fraction of sp³-hybridized carbons (Fsp3) is 0.240. The van der Waals surface area contributed by atoms with Crippen LogP contribution in [0.1, 0.15) is 5.56 Å². The van der Waals surface area contributed by atoms with Gasteiger partial charge in [-0.1, -0.05) is 37.9 Å². The number of halogens is 1. The van der Waals surface area contributed by atoms with Gasteiger partial charge in [0, 0.05) is 20.2 Å². The molecule has 0 unspecified atom stereocenters. The molecule has 158 valence electrons. The molecule has 0 bridgehead atoms. The van der Waals surface area contributed by atoms with E-state index in [4.69, 9.17) is 4.74 Å². The molecule has 0 atom stereocenters. The summed E-state index contributed by atoms with van der Waals surface area (Å²) in [6, 6.07) is 13.8. The minimum atomic E-state index is 0. The number of benzene rings is 2. The molecule has 0 spiro atoms. The van der Waals surface area contributed by atoms with Gasteiger partial charge < -0.3 is 33.2 Å². The molecule has 0 radical (unpaired) electrons. The van der Waals surface area contributed by atoms with Crippen molar-refractivity contribution in [2.45, 2.75) is 6.61 Å². The van der Waals surface area contributed by atoms with Gasteiger partial charge in [0.15, 0.2) is 5.43 Å². The van der Waals surface area contributed by atoms with Gasteiger partial charge in [0.25, 0.3) is 0 Å². The first-order valence-corrected chi connectivity index (χ1v) is 10.6. The SMILES string of the molecule is C=CC[N+](CC=C)(CC=C)CCOCc1ccc2sc3ccccc3c(=O)c2c1.[I-]. The number of hydrogen-bond acceptors (Lipinski definition) is 3. The van der Waals surface area contributed by atoms with Crippen LogP contribution in [0.15, 0.2) is 85.2 Å². The average Bonchev–Trinajstić information content (AvgIpc) is 2.72. The fourth-order valence-electron chi connectivity index (χ4n) is 3.71. The van der Waals surface area contributed by atoms with Crippen molar-refractivity contribution in [3.05, 3.63) is 96.2 Å². The zero-order valence-electron chi connectivity index (χ0n) is 17.2. The maximum Gasteiger partial charge on any atom is 0.195 e. The Morgan fingerprint density at radius 1 is 0.900 bits per heavy atom. The Labute approximate surface area is 199 Å². The Hall–Kier alpha value is -1.80. The van der Waals surface area contributed by atoms with E-state index in [0.717, 1.165) is 56.4 Å². The number of rotatable bonds is 11. The molecule has 0 saturated carbocycles. The molecule has 5 heteroatoms. The van der Waals surface area contributed by atoms with Crippen LogP contribution < -0.4 is 29.4 Å². The van der Waals surface area contributed by atoms with Crippen molar-refractivity contribution in [1.29, 1.82) is 0 Å². The van der Waals surface area contributed by atoms with E-state index in [-0.39, 0.29) is 29.4 Å². The second-order valence-corrected chi connectivity index (χ2v) is 8.37. The average molecular weight is 533 g/mol. The Balaban J connectivity index is 0.00000320. The summed E-state index contributed by atoms with van der Waals surface area (Å²) in [4.78, 5) is 12.9. The minimum Gasteiger partial charge on any atom is -1.00 e. The van der Waals surface area contributed by atoms with Crippen molar-refractivity contribution < 1.29 is 33.2 Å². The molecule has 0 N–H and O–H groups in total. The van der Waals surface area contributed by atoms with E-state index >= 15 is 0 Å². The van der Waals surface area contributed by atoms with E-state index in [2.05, 4.69) is 19.7 Å².